The monoisotopic (exact) mass is 332 g/mol. The summed E-state index contributed by atoms with van der Waals surface area (Å²) in [4.78, 5) is 11.9. The fraction of sp³-hybridized carbons (Fsp3) is 0.421. The van der Waals surface area contributed by atoms with Crippen molar-refractivity contribution in [2.75, 3.05) is 6.61 Å². The molecule has 0 atom stereocenters. The minimum absolute atomic E-state index is 0.130. The van der Waals surface area contributed by atoms with Gasteiger partial charge in [-0.05, 0) is 45.7 Å². The van der Waals surface area contributed by atoms with Gasteiger partial charge in [-0.15, -0.1) is 0 Å². The summed E-state index contributed by atoms with van der Waals surface area (Å²) in [5.74, 6) is 0.0493. The number of benzene rings is 1. The van der Waals surface area contributed by atoms with E-state index in [0.717, 1.165) is 6.42 Å². The van der Waals surface area contributed by atoms with Crippen LogP contribution in [-0.4, -0.2) is 17.3 Å². The smallest absolute Gasteiger partial charge is 0.382 e. The van der Waals surface area contributed by atoms with Gasteiger partial charge >= 0.3 is 5.63 Å². The third kappa shape index (κ3) is 4.31. The van der Waals surface area contributed by atoms with Crippen LogP contribution < -0.4 is 15.1 Å². The molecule has 1 aromatic carbocycles. The van der Waals surface area contributed by atoms with E-state index in [1.807, 2.05) is 32.9 Å². The largest absolute Gasteiger partial charge is 0.499 e. The van der Waals surface area contributed by atoms with Gasteiger partial charge < -0.3 is 19.0 Å². The molecule has 1 heterocycles. The van der Waals surface area contributed by atoms with E-state index >= 15 is 0 Å². The highest BCUT2D eigenvalue weighted by Gasteiger charge is 2.20. The van der Waals surface area contributed by atoms with E-state index in [0.29, 0.717) is 24.2 Å². The van der Waals surface area contributed by atoms with Crippen LogP contribution in [0.3, 0.4) is 0 Å². The summed E-state index contributed by atoms with van der Waals surface area (Å²) in [6.07, 6.45) is 5.68. The lowest BCUT2D eigenvalue weighted by molar-refractivity contribution is 0.131. The average molecular weight is 332 g/mol. The Labute approximate surface area is 141 Å². The molecule has 1 aromatic heterocycles. The summed E-state index contributed by atoms with van der Waals surface area (Å²) in [6.45, 7) is 8.12. The van der Waals surface area contributed by atoms with Gasteiger partial charge in [0.05, 0.1) is 12.0 Å². The number of allylic oxidation sites excluding steroid dienone is 1. The number of ether oxygens (including phenoxy) is 2. The standard InChI is InChI=1S/C19H24O5/c1-5-6-7-8-12-22-17-13-10-9-11-14(24-19(2,3)4)16(13)23-18(21)15(17)20/h6-7,9-11,20H,5,8,12H2,1-4H3/b7-6+. The van der Waals surface area contributed by atoms with E-state index in [-0.39, 0.29) is 11.3 Å². The quantitative estimate of drug-likeness (QED) is 0.482. The Kier molecular flexibility index (Phi) is 5.54. The molecule has 0 aliphatic rings. The van der Waals surface area contributed by atoms with Gasteiger partial charge in [-0.2, -0.15) is 0 Å². The van der Waals surface area contributed by atoms with Gasteiger partial charge in [-0.1, -0.05) is 25.1 Å². The van der Waals surface area contributed by atoms with Crippen LogP contribution in [0.15, 0.2) is 39.6 Å². The molecular weight excluding hydrogens is 308 g/mol. The van der Waals surface area contributed by atoms with E-state index in [2.05, 4.69) is 6.92 Å². The highest BCUT2D eigenvalue weighted by molar-refractivity contribution is 5.89. The van der Waals surface area contributed by atoms with E-state index < -0.39 is 17.0 Å². The number of hydrogen-bond acceptors (Lipinski definition) is 5. The van der Waals surface area contributed by atoms with Gasteiger partial charge in [0.15, 0.2) is 17.1 Å². The molecule has 0 saturated heterocycles. The molecule has 0 amide bonds. The Balaban J connectivity index is 2.43. The lowest BCUT2D eigenvalue weighted by Crippen LogP contribution is -2.23. The predicted octanol–water partition coefficient (Wildman–Crippen LogP) is 4.41. The summed E-state index contributed by atoms with van der Waals surface area (Å²) >= 11 is 0. The first-order chi connectivity index (χ1) is 11.3. The number of hydrogen-bond donors (Lipinski definition) is 1. The predicted molar refractivity (Wildman–Crippen MR) is 94.1 cm³/mol. The molecule has 0 spiro atoms. The van der Waals surface area contributed by atoms with Crippen LogP contribution >= 0.6 is 0 Å². The van der Waals surface area contributed by atoms with Crippen molar-refractivity contribution in [3.8, 4) is 17.2 Å². The topological polar surface area (TPSA) is 68.9 Å². The molecule has 0 fully saturated rings. The first-order valence-electron chi connectivity index (χ1n) is 8.09. The van der Waals surface area contributed by atoms with Gasteiger partial charge in [0.25, 0.3) is 0 Å². The molecule has 1 N–H and O–H groups in total. The summed E-state index contributed by atoms with van der Waals surface area (Å²) in [6, 6.07) is 5.22. The van der Waals surface area contributed by atoms with E-state index in [1.165, 1.54) is 0 Å². The van der Waals surface area contributed by atoms with Crippen molar-refractivity contribution in [2.45, 2.75) is 46.1 Å². The van der Waals surface area contributed by atoms with Crippen LogP contribution in [0.4, 0.5) is 0 Å². The molecule has 0 aliphatic heterocycles. The maximum Gasteiger partial charge on any atom is 0.382 e. The number of aromatic hydroxyl groups is 1. The fourth-order valence-electron chi connectivity index (χ4n) is 2.23. The molecule has 5 nitrogen and oxygen atoms in total. The van der Waals surface area contributed by atoms with E-state index in [9.17, 15) is 9.90 Å². The summed E-state index contributed by atoms with van der Waals surface area (Å²) in [7, 11) is 0. The molecule has 2 rings (SSSR count). The number of fused-ring (bicyclic) bond motifs is 1. The highest BCUT2D eigenvalue weighted by atomic mass is 16.5. The Morgan fingerprint density at radius 3 is 2.67 bits per heavy atom. The van der Waals surface area contributed by atoms with Crippen LogP contribution in [0.2, 0.25) is 0 Å². The van der Waals surface area contributed by atoms with Gasteiger partial charge in [0.1, 0.15) is 5.60 Å². The zero-order valence-electron chi connectivity index (χ0n) is 14.6. The molecule has 0 saturated carbocycles. The van der Waals surface area contributed by atoms with Crippen LogP contribution in [-0.2, 0) is 0 Å². The lowest BCUT2D eigenvalue weighted by atomic mass is 10.1. The zero-order valence-corrected chi connectivity index (χ0v) is 14.6. The maximum atomic E-state index is 11.9. The molecule has 0 radical (unpaired) electrons. The van der Waals surface area contributed by atoms with Crippen molar-refractivity contribution in [3.05, 3.63) is 40.8 Å². The third-order valence-electron chi connectivity index (χ3n) is 3.18. The van der Waals surface area contributed by atoms with Crippen molar-refractivity contribution >= 4 is 11.0 Å². The van der Waals surface area contributed by atoms with E-state index in [1.54, 1.807) is 18.2 Å². The Hall–Kier alpha value is -2.43. The van der Waals surface area contributed by atoms with Crippen LogP contribution in [0, 0.1) is 0 Å². The third-order valence-corrected chi connectivity index (χ3v) is 3.18. The maximum absolute atomic E-state index is 11.9. The first kappa shape index (κ1) is 17.9. The van der Waals surface area contributed by atoms with Crippen molar-refractivity contribution in [3.63, 3.8) is 0 Å². The molecule has 2 aromatic rings. The Morgan fingerprint density at radius 2 is 2.00 bits per heavy atom. The molecule has 130 valence electrons. The molecule has 5 heteroatoms. The van der Waals surface area contributed by atoms with Crippen molar-refractivity contribution in [2.24, 2.45) is 0 Å². The second-order valence-electron chi connectivity index (χ2n) is 6.43. The summed E-state index contributed by atoms with van der Waals surface area (Å²) in [5.41, 5.74) is -1.02. The minimum atomic E-state index is -0.841. The lowest BCUT2D eigenvalue weighted by Gasteiger charge is -2.22. The van der Waals surface area contributed by atoms with Crippen LogP contribution in [0.1, 0.15) is 40.5 Å². The molecule has 0 aliphatic carbocycles. The number of para-hydroxylation sites is 1. The molecular formula is C19H24O5. The first-order valence-corrected chi connectivity index (χ1v) is 8.09. The van der Waals surface area contributed by atoms with Gasteiger partial charge in [0.2, 0.25) is 5.75 Å². The zero-order chi connectivity index (χ0) is 17.7. The second-order valence-corrected chi connectivity index (χ2v) is 6.43. The van der Waals surface area contributed by atoms with Gasteiger partial charge in [-0.25, -0.2) is 4.79 Å². The van der Waals surface area contributed by atoms with Crippen molar-refractivity contribution in [1.29, 1.82) is 0 Å². The summed E-state index contributed by atoms with van der Waals surface area (Å²) in [5, 5.41) is 10.5. The van der Waals surface area contributed by atoms with Crippen LogP contribution in [0.5, 0.6) is 17.2 Å². The second kappa shape index (κ2) is 7.43. The van der Waals surface area contributed by atoms with Gasteiger partial charge in [0, 0.05) is 0 Å². The summed E-state index contributed by atoms with van der Waals surface area (Å²) < 4.78 is 16.7. The van der Waals surface area contributed by atoms with E-state index in [4.69, 9.17) is 13.9 Å². The fourth-order valence-corrected chi connectivity index (χ4v) is 2.23. The van der Waals surface area contributed by atoms with Gasteiger partial charge in [-0.3, -0.25) is 0 Å². The minimum Gasteiger partial charge on any atom is -0.499 e. The molecule has 0 bridgehead atoms. The Morgan fingerprint density at radius 1 is 1.25 bits per heavy atom. The Bertz CT molecular complexity index is 781. The van der Waals surface area contributed by atoms with Crippen molar-refractivity contribution < 1.29 is 19.0 Å². The van der Waals surface area contributed by atoms with Crippen molar-refractivity contribution in [1.82, 2.24) is 0 Å². The molecule has 24 heavy (non-hydrogen) atoms. The van der Waals surface area contributed by atoms with Crippen LogP contribution in [0.25, 0.3) is 11.0 Å². The highest BCUT2D eigenvalue weighted by Crippen LogP contribution is 2.37. The SMILES string of the molecule is CC/C=C/CCOc1c(O)c(=O)oc2c(OC(C)(C)C)cccc12. The number of rotatable bonds is 6. The average Bonchev–Trinajstić information content (AvgIpc) is 2.50. The molecule has 0 unspecified atom stereocenters. The normalized spacial score (nSPS) is 12.0.